The number of benzene rings is 3. The van der Waals surface area contributed by atoms with E-state index in [-0.39, 0.29) is 5.91 Å². The van der Waals surface area contributed by atoms with Gasteiger partial charge in [0.1, 0.15) is 0 Å². The minimum absolute atomic E-state index is 0.0194. The Morgan fingerprint density at radius 1 is 0.931 bits per heavy atom. The third-order valence-corrected chi connectivity index (χ3v) is 6.25. The lowest BCUT2D eigenvalue weighted by Crippen LogP contribution is -2.30. The third kappa shape index (κ3) is 3.94. The standard InChI is InChI=1S/C25H24N2OS/c1-16-12-17(2)14-21(13-16)24(28)27(15-20-8-6-5-7-9-20)25-26-23-19(4)18(3)10-11-22(23)29-25/h5-14H,15H2,1-4H3. The number of hydrogen-bond acceptors (Lipinski definition) is 3. The number of thiazole rings is 1. The highest BCUT2D eigenvalue weighted by atomic mass is 32.1. The van der Waals surface area contributed by atoms with Crippen molar-refractivity contribution in [2.75, 3.05) is 4.90 Å². The molecule has 1 heterocycles. The fraction of sp³-hybridized carbons (Fsp3) is 0.200. The molecule has 0 N–H and O–H groups in total. The zero-order chi connectivity index (χ0) is 20.5. The lowest BCUT2D eigenvalue weighted by molar-refractivity contribution is 0.0985. The molecule has 0 aliphatic carbocycles. The van der Waals surface area contributed by atoms with Crippen LogP contribution in [0.15, 0.2) is 60.7 Å². The summed E-state index contributed by atoms with van der Waals surface area (Å²) in [7, 11) is 0. The van der Waals surface area contributed by atoms with Crippen molar-refractivity contribution in [1.29, 1.82) is 0 Å². The van der Waals surface area contributed by atoms with Gasteiger partial charge in [0.2, 0.25) is 0 Å². The van der Waals surface area contributed by atoms with Crippen LogP contribution in [-0.2, 0) is 6.54 Å². The fourth-order valence-electron chi connectivity index (χ4n) is 3.58. The molecule has 0 spiro atoms. The maximum atomic E-state index is 13.6. The van der Waals surface area contributed by atoms with Crippen LogP contribution >= 0.6 is 11.3 Å². The lowest BCUT2D eigenvalue weighted by atomic mass is 10.1. The van der Waals surface area contributed by atoms with Crippen molar-refractivity contribution in [3.8, 4) is 0 Å². The highest BCUT2D eigenvalue weighted by Crippen LogP contribution is 2.33. The Hall–Kier alpha value is -2.98. The molecule has 1 aromatic heterocycles. The second-order valence-corrected chi connectivity index (χ2v) is 8.61. The van der Waals surface area contributed by atoms with Crippen molar-refractivity contribution in [2.45, 2.75) is 34.2 Å². The van der Waals surface area contributed by atoms with Crippen LogP contribution in [0.25, 0.3) is 10.2 Å². The number of aromatic nitrogens is 1. The van der Waals surface area contributed by atoms with Gasteiger partial charge in [-0.1, -0.05) is 64.9 Å². The monoisotopic (exact) mass is 400 g/mol. The molecule has 4 aromatic rings. The van der Waals surface area contributed by atoms with E-state index in [9.17, 15) is 4.79 Å². The zero-order valence-electron chi connectivity index (χ0n) is 17.2. The van der Waals surface area contributed by atoms with E-state index in [4.69, 9.17) is 4.98 Å². The van der Waals surface area contributed by atoms with Crippen LogP contribution in [-0.4, -0.2) is 10.9 Å². The summed E-state index contributed by atoms with van der Waals surface area (Å²) in [6.07, 6.45) is 0. The number of fused-ring (bicyclic) bond motifs is 1. The maximum absolute atomic E-state index is 13.6. The van der Waals surface area contributed by atoms with Gasteiger partial charge in [-0.05, 0) is 62.6 Å². The Labute approximate surface area is 175 Å². The van der Waals surface area contributed by atoms with Crippen molar-refractivity contribution in [1.82, 2.24) is 4.98 Å². The summed E-state index contributed by atoms with van der Waals surface area (Å²) in [6.45, 7) is 8.72. The Balaban J connectivity index is 1.82. The molecular weight excluding hydrogens is 376 g/mol. The number of aryl methyl sites for hydroxylation is 4. The Morgan fingerprint density at radius 2 is 1.62 bits per heavy atom. The van der Waals surface area contributed by atoms with E-state index in [0.29, 0.717) is 12.1 Å². The van der Waals surface area contributed by atoms with E-state index in [2.05, 4.69) is 32.0 Å². The number of anilines is 1. The number of nitrogens with zero attached hydrogens (tertiary/aromatic N) is 2. The predicted octanol–water partition coefficient (Wildman–Crippen LogP) is 6.38. The molecule has 4 rings (SSSR count). The van der Waals surface area contributed by atoms with Gasteiger partial charge in [0.25, 0.3) is 5.91 Å². The van der Waals surface area contributed by atoms with Gasteiger partial charge in [0.15, 0.2) is 5.13 Å². The van der Waals surface area contributed by atoms with Gasteiger partial charge in [0, 0.05) is 5.56 Å². The topological polar surface area (TPSA) is 33.2 Å². The smallest absolute Gasteiger partial charge is 0.260 e. The van der Waals surface area contributed by atoms with Crippen molar-refractivity contribution in [2.24, 2.45) is 0 Å². The van der Waals surface area contributed by atoms with Crippen molar-refractivity contribution >= 4 is 32.6 Å². The summed E-state index contributed by atoms with van der Waals surface area (Å²) in [6, 6.07) is 20.3. The molecule has 0 saturated heterocycles. The van der Waals surface area contributed by atoms with Crippen LogP contribution in [0.1, 0.15) is 38.2 Å². The van der Waals surface area contributed by atoms with Crippen LogP contribution in [0.4, 0.5) is 5.13 Å². The number of carbonyl (C=O) groups is 1. The van der Waals surface area contributed by atoms with Crippen LogP contribution in [0.3, 0.4) is 0 Å². The van der Waals surface area contributed by atoms with Crippen molar-refractivity contribution in [3.05, 3.63) is 94.0 Å². The molecule has 29 heavy (non-hydrogen) atoms. The molecule has 146 valence electrons. The third-order valence-electron chi connectivity index (χ3n) is 5.20. The van der Waals surface area contributed by atoms with E-state index < -0.39 is 0 Å². The number of hydrogen-bond donors (Lipinski definition) is 0. The summed E-state index contributed by atoms with van der Waals surface area (Å²) in [5.41, 5.74) is 7.32. The quantitative estimate of drug-likeness (QED) is 0.398. The second kappa shape index (κ2) is 7.80. The minimum Gasteiger partial charge on any atom is -0.279 e. The van der Waals surface area contributed by atoms with E-state index in [0.717, 1.165) is 32.0 Å². The van der Waals surface area contributed by atoms with Crippen LogP contribution in [0, 0.1) is 27.7 Å². The van der Waals surface area contributed by atoms with Gasteiger partial charge in [-0.3, -0.25) is 9.69 Å². The van der Waals surface area contributed by atoms with E-state index in [1.54, 1.807) is 11.3 Å². The van der Waals surface area contributed by atoms with Crippen LogP contribution < -0.4 is 4.90 Å². The first-order chi connectivity index (χ1) is 13.9. The first-order valence-corrected chi connectivity index (χ1v) is 10.5. The Kier molecular flexibility index (Phi) is 5.20. The van der Waals surface area contributed by atoms with Gasteiger partial charge in [-0.25, -0.2) is 4.98 Å². The predicted molar refractivity (Wildman–Crippen MR) is 122 cm³/mol. The molecule has 0 radical (unpaired) electrons. The normalized spacial score (nSPS) is 11.0. The number of amides is 1. The first kappa shape index (κ1) is 19.3. The Morgan fingerprint density at radius 3 is 2.31 bits per heavy atom. The van der Waals surface area contributed by atoms with Gasteiger partial charge in [-0.2, -0.15) is 0 Å². The van der Waals surface area contributed by atoms with Gasteiger partial charge in [0.05, 0.1) is 16.8 Å². The summed E-state index contributed by atoms with van der Waals surface area (Å²) < 4.78 is 1.11. The van der Waals surface area contributed by atoms with E-state index >= 15 is 0 Å². The molecular formula is C25H24N2OS. The summed E-state index contributed by atoms with van der Waals surface area (Å²) in [4.78, 5) is 20.3. The molecule has 1 amide bonds. The summed E-state index contributed by atoms with van der Waals surface area (Å²) >= 11 is 1.57. The Bertz CT molecular complexity index is 1170. The highest BCUT2D eigenvalue weighted by Gasteiger charge is 2.22. The number of rotatable bonds is 4. The first-order valence-electron chi connectivity index (χ1n) is 9.73. The van der Waals surface area contributed by atoms with Gasteiger partial charge >= 0.3 is 0 Å². The maximum Gasteiger partial charge on any atom is 0.260 e. The van der Waals surface area contributed by atoms with Gasteiger partial charge < -0.3 is 0 Å². The average molecular weight is 401 g/mol. The number of carbonyl (C=O) groups excluding carboxylic acids is 1. The molecule has 0 atom stereocenters. The van der Waals surface area contributed by atoms with Crippen molar-refractivity contribution in [3.63, 3.8) is 0 Å². The summed E-state index contributed by atoms with van der Waals surface area (Å²) in [5.74, 6) is -0.0194. The van der Waals surface area contributed by atoms with E-state index in [1.807, 2.05) is 61.2 Å². The van der Waals surface area contributed by atoms with Gasteiger partial charge in [-0.15, -0.1) is 0 Å². The highest BCUT2D eigenvalue weighted by molar-refractivity contribution is 7.22. The molecule has 0 fully saturated rings. The SMILES string of the molecule is Cc1cc(C)cc(C(=O)N(Cc2ccccc2)c2nc3c(C)c(C)ccc3s2)c1. The molecule has 3 nitrogen and oxygen atoms in total. The molecule has 0 saturated carbocycles. The lowest BCUT2D eigenvalue weighted by Gasteiger charge is -2.20. The van der Waals surface area contributed by atoms with Crippen molar-refractivity contribution < 1.29 is 4.79 Å². The zero-order valence-corrected chi connectivity index (χ0v) is 18.0. The molecule has 0 aliphatic heterocycles. The fourth-order valence-corrected chi connectivity index (χ4v) is 4.60. The molecule has 0 bridgehead atoms. The molecule has 4 heteroatoms. The average Bonchev–Trinajstić information content (AvgIpc) is 3.13. The minimum atomic E-state index is -0.0194. The van der Waals surface area contributed by atoms with Crippen LogP contribution in [0.2, 0.25) is 0 Å². The summed E-state index contributed by atoms with van der Waals surface area (Å²) in [5, 5.41) is 0.738. The largest absolute Gasteiger partial charge is 0.279 e. The molecule has 3 aromatic carbocycles. The van der Waals surface area contributed by atoms with Crippen LogP contribution in [0.5, 0.6) is 0 Å². The van der Waals surface area contributed by atoms with E-state index in [1.165, 1.54) is 11.1 Å². The molecule has 0 unspecified atom stereocenters. The molecule has 0 aliphatic rings. The second-order valence-electron chi connectivity index (χ2n) is 7.60.